The highest BCUT2D eigenvalue weighted by molar-refractivity contribution is 6.71. The van der Waals surface area contributed by atoms with Gasteiger partial charge in [-0.25, -0.2) is 4.79 Å². The second kappa shape index (κ2) is 3.78. The molecule has 3 heteroatoms. The summed E-state index contributed by atoms with van der Waals surface area (Å²) in [7, 11) is -1.72. The van der Waals surface area contributed by atoms with Crippen molar-refractivity contribution in [3.63, 3.8) is 0 Å². The molecule has 0 amide bonds. The lowest BCUT2D eigenvalue weighted by Gasteiger charge is -2.40. The van der Waals surface area contributed by atoms with Gasteiger partial charge in [-0.15, -0.1) is 0 Å². The van der Waals surface area contributed by atoms with Crippen molar-refractivity contribution in [1.29, 1.82) is 0 Å². The Morgan fingerprint density at radius 1 is 1.33 bits per heavy atom. The van der Waals surface area contributed by atoms with Crippen molar-refractivity contribution in [2.75, 3.05) is 0 Å². The Kier molecular flexibility index (Phi) is 2.75. The number of hydrogen-bond acceptors (Lipinski definition) is 2. The molecule has 0 bridgehead atoms. The fraction of sp³-hybridized carbons (Fsp3) is 0.750. The molecule has 0 saturated heterocycles. The lowest BCUT2D eigenvalue weighted by molar-refractivity contribution is -0.132. The summed E-state index contributed by atoms with van der Waals surface area (Å²) in [5.74, 6) is 1.28. The van der Waals surface area contributed by atoms with Crippen LogP contribution in [-0.4, -0.2) is 14.3 Å². The Labute approximate surface area is 92.8 Å². The van der Waals surface area contributed by atoms with E-state index in [4.69, 9.17) is 4.43 Å². The Hall–Kier alpha value is -0.573. The van der Waals surface area contributed by atoms with E-state index in [1.165, 1.54) is 19.3 Å². The lowest BCUT2D eigenvalue weighted by atomic mass is 9.65. The summed E-state index contributed by atoms with van der Waals surface area (Å²) in [5.41, 5.74) is 0.986. The van der Waals surface area contributed by atoms with Gasteiger partial charge in [0, 0.05) is 5.57 Å². The van der Waals surface area contributed by atoms with E-state index in [-0.39, 0.29) is 5.97 Å². The van der Waals surface area contributed by atoms with Crippen LogP contribution in [0.2, 0.25) is 19.6 Å². The molecule has 0 aromatic rings. The molecule has 2 aliphatic rings. The van der Waals surface area contributed by atoms with E-state index in [9.17, 15) is 4.79 Å². The quantitative estimate of drug-likeness (QED) is 0.674. The van der Waals surface area contributed by atoms with E-state index in [2.05, 4.69) is 25.7 Å². The third-order valence-electron chi connectivity index (χ3n) is 3.35. The Balaban J connectivity index is 2.03. The van der Waals surface area contributed by atoms with Crippen LogP contribution in [0, 0.1) is 11.8 Å². The van der Waals surface area contributed by atoms with Crippen molar-refractivity contribution in [1.82, 2.24) is 0 Å². The maximum absolute atomic E-state index is 11.9. The highest BCUT2D eigenvalue weighted by Crippen LogP contribution is 2.45. The molecule has 0 aromatic heterocycles. The van der Waals surface area contributed by atoms with Gasteiger partial charge in [0.2, 0.25) is 8.32 Å². The topological polar surface area (TPSA) is 26.3 Å². The van der Waals surface area contributed by atoms with Gasteiger partial charge in [-0.1, -0.05) is 6.08 Å². The fourth-order valence-corrected chi connectivity index (χ4v) is 3.17. The van der Waals surface area contributed by atoms with Crippen LogP contribution in [0.5, 0.6) is 0 Å². The molecule has 1 fully saturated rings. The fourth-order valence-electron chi connectivity index (χ4n) is 2.50. The largest absolute Gasteiger partial charge is 0.517 e. The molecule has 15 heavy (non-hydrogen) atoms. The smallest absolute Gasteiger partial charge is 0.320 e. The van der Waals surface area contributed by atoms with Gasteiger partial charge in [0.25, 0.3) is 0 Å². The molecule has 0 aromatic carbocycles. The van der Waals surface area contributed by atoms with E-state index in [1.54, 1.807) is 0 Å². The van der Waals surface area contributed by atoms with Crippen LogP contribution in [0.4, 0.5) is 0 Å². The molecule has 84 valence electrons. The highest BCUT2D eigenvalue weighted by Gasteiger charge is 2.39. The minimum absolute atomic E-state index is 0.0245. The first-order chi connectivity index (χ1) is 6.97. The average molecular weight is 224 g/mol. The van der Waals surface area contributed by atoms with Crippen LogP contribution in [0.25, 0.3) is 0 Å². The second-order valence-electron chi connectivity index (χ2n) is 5.68. The summed E-state index contributed by atoms with van der Waals surface area (Å²) >= 11 is 0. The zero-order chi connectivity index (χ0) is 11.1. The summed E-state index contributed by atoms with van der Waals surface area (Å²) in [6, 6.07) is 0. The molecule has 0 radical (unpaired) electrons. The van der Waals surface area contributed by atoms with E-state index < -0.39 is 8.32 Å². The summed E-state index contributed by atoms with van der Waals surface area (Å²) in [5, 5.41) is 0. The van der Waals surface area contributed by atoms with E-state index in [1.807, 2.05) is 0 Å². The predicted molar refractivity (Wildman–Crippen MR) is 63.0 cm³/mol. The van der Waals surface area contributed by atoms with Crippen molar-refractivity contribution < 1.29 is 9.22 Å². The molecule has 0 N–H and O–H groups in total. The molecule has 2 atom stereocenters. The monoisotopic (exact) mass is 224 g/mol. The first kappa shape index (κ1) is 10.9. The maximum Gasteiger partial charge on any atom is 0.320 e. The van der Waals surface area contributed by atoms with Gasteiger partial charge in [-0.2, -0.15) is 0 Å². The number of rotatable bonds is 2. The van der Waals surface area contributed by atoms with Crippen molar-refractivity contribution >= 4 is 14.3 Å². The number of fused-ring (bicyclic) bond motifs is 1. The molecule has 2 aliphatic carbocycles. The molecular formula is C12H20O2Si. The van der Waals surface area contributed by atoms with Gasteiger partial charge < -0.3 is 4.43 Å². The van der Waals surface area contributed by atoms with Gasteiger partial charge in [-0.3, -0.25) is 0 Å². The standard InChI is InChI=1S/C12H20O2Si/c1-15(2,3)14-12(13)11-6-4-5-9-7-8-10(9)11/h6,9-10H,4-5,7-8H2,1-3H3. The molecule has 0 heterocycles. The molecule has 1 saturated carbocycles. The summed E-state index contributed by atoms with van der Waals surface area (Å²) in [6.45, 7) is 6.19. The van der Waals surface area contributed by atoms with Crippen LogP contribution < -0.4 is 0 Å². The van der Waals surface area contributed by atoms with Gasteiger partial charge in [0.15, 0.2) is 0 Å². The number of hydrogen-bond donors (Lipinski definition) is 0. The number of carbonyl (C=O) groups excluding carboxylic acids is 1. The van der Waals surface area contributed by atoms with E-state index >= 15 is 0 Å². The average Bonchev–Trinajstić information content (AvgIpc) is 2.03. The van der Waals surface area contributed by atoms with Gasteiger partial charge in [-0.05, 0) is 57.2 Å². The van der Waals surface area contributed by atoms with Crippen LogP contribution in [0.1, 0.15) is 25.7 Å². The number of allylic oxidation sites excluding steroid dienone is 1. The Morgan fingerprint density at radius 3 is 2.60 bits per heavy atom. The number of carbonyl (C=O) groups is 1. The molecule has 2 rings (SSSR count). The summed E-state index contributed by atoms with van der Waals surface area (Å²) in [6.07, 6.45) is 6.95. The minimum Gasteiger partial charge on any atom is -0.517 e. The molecule has 0 aliphatic heterocycles. The van der Waals surface area contributed by atoms with Crippen molar-refractivity contribution in [3.05, 3.63) is 11.6 Å². The van der Waals surface area contributed by atoms with Crippen LogP contribution in [0.15, 0.2) is 11.6 Å². The SMILES string of the molecule is C[Si](C)(C)OC(=O)C1=CCCC2CCC12. The summed E-state index contributed by atoms with van der Waals surface area (Å²) in [4.78, 5) is 11.9. The lowest BCUT2D eigenvalue weighted by Crippen LogP contribution is -2.37. The zero-order valence-corrected chi connectivity index (χ0v) is 10.9. The highest BCUT2D eigenvalue weighted by atomic mass is 28.4. The summed E-state index contributed by atoms with van der Waals surface area (Å²) < 4.78 is 5.56. The zero-order valence-electron chi connectivity index (χ0n) is 9.88. The van der Waals surface area contributed by atoms with Crippen LogP contribution in [0.3, 0.4) is 0 Å². The third-order valence-corrected chi connectivity index (χ3v) is 4.15. The van der Waals surface area contributed by atoms with Crippen LogP contribution in [-0.2, 0) is 9.22 Å². The van der Waals surface area contributed by atoms with Gasteiger partial charge in [0.05, 0.1) is 0 Å². The van der Waals surface area contributed by atoms with Gasteiger partial charge in [0.1, 0.15) is 0 Å². The molecule has 0 spiro atoms. The van der Waals surface area contributed by atoms with Crippen molar-refractivity contribution in [2.45, 2.75) is 45.3 Å². The molecule has 2 nitrogen and oxygen atoms in total. The normalized spacial score (nSPS) is 29.9. The molecule has 2 unspecified atom stereocenters. The second-order valence-corrected chi connectivity index (χ2v) is 10.1. The van der Waals surface area contributed by atoms with E-state index in [0.29, 0.717) is 5.92 Å². The maximum atomic E-state index is 11.9. The Bertz CT molecular complexity index is 301. The van der Waals surface area contributed by atoms with Gasteiger partial charge >= 0.3 is 5.97 Å². The molecular weight excluding hydrogens is 204 g/mol. The van der Waals surface area contributed by atoms with E-state index in [0.717, 1.165) is 17.9 Å². The predicted octanol–water partition coefficient (Wildman–Crippen LogP) is 3.11. The third kappa shape index (κ3) is 2.33. The first-order valence-electron chi connectivity index (χ1n) is 5.91. The first-order valence-corrected chi connectivity index (χ1v) is 9.31. The van der Waals surface area contributed by atoms with Crippen molar-refractivity contribution in [2.24, 2.45) is 11.8 Å². The minimum atomic E-state index is -1.72. The van der Waals surface area contributed by atoms with Crippen LogP contribution >= 0.6 is 0 Å². The Morgan fingerprint density at radius 2 is 2.07 bits per heavy atom. The van der Waals surface area contributed by atoms with Crippen molar-refractivity contribution in [3.8, 4) is 0 Å².